The number of hydrogen-bond donors (Lipinski definition) is 2. The van der Waals surface area contributed by atoms with Crippen molar-refractivity contribution in [1.29, 1.82) is 5.41 Å². The molecule has 0 aromatic carbocycles. The van der Waals surface area contributed by atoms with E-state index in [0.29, 0.717) is 12.1 Å². The van der Waals surface area contributed by atoms with Gasteiger partial charge in [0, 0.05) is 30.7 Å². The standard InChI is InChI=1S/C9H12N2O2/c1-7-2-3-8(5-11(7)13)4-9(10)6-12/h2-3,5,10,12H,4,6H2,1H3. The topological polar surface area (TPSA) is 71.0 Å². The van der Waals surface area contributed by atoms with Crippen molar-refractivity contribution >= 4 is 5.71 Å². The summed E-state index contributed by atoms with van der Waals surface area (Å²) in [5, 5.41) is 26.9. The zero-order valence-electron chi connectivity index (χ0n) is 7.45. The zero-order chi connectivity index (χ0) is 9.84. The summed E-state index contributed by atoms with van der Waals surface area (Å²) in [5.74, 6) is 0. The van der Waals surface area contributed by atoms with Gasteiger partial charge in [0.1, 0.15) is 0 Å². The number of nitrogens with one attached hydrogen (secondary N) is 1. The molecule has 0 amide bonds. The minimum absolute atomic E-state index is 0.212. The molecule has 0 bridgehead atoms. The molecule has 0 radical (unpaired) electrons. The van der Waals surface area contributed by atoms with Crippen molar-refractivity contribution in [3.63, 3.8) is 0 Å². The number of pyridine rings is 1. The zero-order valence-corrected chi connectivity index (χ0v) is 7.45. The summed E-state index contributed by atoms with van der Waals surface area (Å²) >= 11 is 0. The van der Waals surface area contributed by atoms with Crippen LogP contribution in [-0.2, 0) is 6.42 Å². The smallest absolute Gasteiger partial charge is 0.189 e. The normalized spacial score (nSPS) is 10.0. The Balaban J connectivity index is 2.79. The molecular weight excluding hydrogens is 168 g/mol. The van der Waals surface area contributed by atoms with Crippen LogP contribution in [0, 0.1) is 17.5 Å². The molecule has 1 heterocycles. The lowest BCUT2D eigenvalue weighted by Gasteiger charge is -2.03. The van der Waals surface area contributed by atoms with Gasteiger partial charge in [-0.05, 0) is 6.07 Å². The van der Waals surface area contributed by atoms with Crippen LogP contribution in [0.5, 0.6) is 0 Å². The van der Waals surface area contributed by atoms with Crippen LogP contribution >= 0.6 is 0 Å². The van der Waals surface area contributed by atoms with Gasteiger partial charge >= 0.3 is 0 Å². The maximum atomic E-state index is 11.1. The first-order valence-corrected chi connectivity index (χ1v) is 3.99. The molecule has 0 fully saturated rings. The fourth-order valence-electron chi connectivity index (χ4n) is 1.00. The molecule has 13 heavy (non-hydrogen) atoms. The fraction of sp³-hybridized carbons (Fsp3) is 0.333. The molecule has 0 atom stereocenters. The van der Waals surface area contributed by atoms with Crippen molar-refractivity contribution in [2.24, 2.45) is 0 Å². The largest absolute Gasteiger partial charge is 0.619 e. The maximum absolute atomic E-state index is 11.1. The Hall–Kier alpha value is -1.42. The molecule has 1 rings (SSSR count). The molecule has 1 aromatic heterocycles. The van der Waals surface area contributed by atoms with E-state index < -0.39 is 0 Å². The van der Waals surface area contributed by atoms with E-state index in [1.54, 1.807) is 19.1 Å². The Morgan fingerprint density at radius 1 is 1.62 bits per heavy atom. The van der Waals surface area contributed by atoms with E-state index >= 15 is 0 Å². The Morgan fingerprint density at radius 2 is 2.31 bits per heavy atom. The fourth-order valence-corrected chi connectivity index (χ4v) is 1.00. The lowest BCUT2D eigenvalue weighted by Crippen LogP contribution is -2.30. The van der Waals surface area contributed by atoms with Crippen LogP contribution in [0.25, 0.3) is 0 Å². The number of aryl methyl sites for hydroxylation is 1. The molecule has 4 heteroatoms. The number of aliphatic hydroxyl groups is 1. The van der Waals surface area contributed by atoms with Gasteiger partial charge < -0.3 is 15.7 Å². The van der Waals surface area contributed by atoms with Gasteiger partial charge in [0.25, 0.3) is 0 Å². The third-order valence-electron chi connectivity index (χ3n) is 1.78. The van der Waals surface area contributed by atoms with Crippen molar-refractivity contribution in [2.75, 3.05) is 6.61 Å². The van der Waals surface area contributed by atoms with E-state index in [1.165, 1.54) is 6.20 Å². The van der Waals surface area contributed by atoms with Gasteiger partial charge in [-0.25, -0.2) is 0 Å². The Labute approximate surface area is 76.5 Å². The Kier molecular flexibility index (Phi) is 2.97. The summed E-state index contributed by atoms with van der Waals surface area (Å²) < 4.78 is 0.764. The average molecular weight is 180 g/mol. The number of aliphatic hydroxyl groups excluding tert-OH is 1. The second-order valence-electron chi connectivity index (χ2n) is 2.94. The number of rotatable bonds is 3. The Bertz CT molecular complexity index is 323. The van der Waals surface area contributed by atoms with E-state index in [1.807, 2.05) is 0 Å². The van der Waals surface area contributed by atoms with Crippen LogP contribution in [0.1, 0.15) is 11.3 Å². The third kappa shape index (κ3) is 2.52. The summed E-state index contributed by atoms with van der Waals surface area (Å²) in [7, 11) is 0. The van der Waals surface area contributed by atoms with Crippen LogP contribution < -0.4 is 4.73 Å². The van der Waals surface area contributed by atoms with Crippen LogP contribution in [0.3, 0.4) is 0 Å². The summed E-state index contributed by atoms with van der Waals surface area (Å²) in [6, 6.07) is 3.49. The van der Waals surface area contributed by atoms with Crippen LogP contribution in [0.15, 0.2) is 18.3 Å². The predicted octanol–water partition coefficient (Wildman–Crippen LogP) is 0.183. The highest BCUT2D eigenvalue weighted by molar-refractivity contribution is 5.84. The average Bonchev–Trinajstić information content (AvgIpc) is 2.11. The molecule has 0 saturated carbocycles. The number of hydrogen-bond acceptors (Lipinski definition) is 3. The summed E-state index contributed by atoms with van der Waals surface area (Å²) in [5.41, 5.74) is 1.59. The molecule has 4 nitrogen and oxygen atoms in total. The van der Waals surface area contributed by atoms with Gasteiger partial charge in [-0.2, -0.15) is 4.73 Å². The minimum Gasteiger partial charge on any atom is -0.619 e. The molecule has 0 saturated heterocycles. The molecular formula is C9H12N2O2. The Morgan fingerprint density at radius 3 is 2.85 bits per heavy atom. The van der Waals surface area contributed by atoms with Crippen LogP contribution in [0.4, 0.5) is 0 Å². The lowest BCUT2D eigenvalue weighted by atomic mass is 10.1. The number of aromatic nitrogens is 1. The monoisotopic (exact) mass is 180 g/mol. The first-order valence-electron chi connectivity index (χ1n) is 3.99. The highest BCUT2D eigenvalue weighted by atomic mass is 16.5. The number of nitrogens with zero attached hydrogens (tertiary/aromatic N) is 1. The van der Waals surface area contributed by atoms with Gasteiger partial charge in [0.15, 0.2) is 11.9 Å². The molecule has 1 aromatic rings. The van der Waals surface area contributed by atoms with Crippen molar-refractivity contribution in [3.8, 4) is 0 Å². The highest BCUT2D eigenvalue weighted by Crippen LogP contribution is 1.99. The molecule has 2 N–H and O–H groups in total. The lowest BCUT2D eigenvalue weighted by molar-refractivity contribution is -0.612. The van der Waals surface area contributed by atoms with Crippen LogP contribution in [-0.4, -0.2) is 17.4 Å². The second kappa shape index (κ2) is 4.00. The highest BCUT2D eigenvalue weighted by Gasteiger charge is 2.03. The van der Waals surface area contributed by atoms with Crippen molar-refractivity contribution < 1.29 is 9.84 Å². The van der Waals surface area contributed by atoms with E-state index in [9.17, 15) is 5.21 Å². The summed E-state index contributed by atoms with van der Waals surface area (Å²) in [6.45, 7) is 1.46. The molecule has 0 aliphatic heterocycles. The molecule has 0 aliphatic rings. The SMILES string of the molecule is Cc1ccc(CC(=N)CO)c[n+]1[O-]. The van der Waals surface area contributed by atoms with Crippen molar-refractivity contribution in [3.05, 3.63) is 34.8 Å². The molecule has 70 valence electrons. The first kappa shape index (κ1) is 9.67. The van der Waals surface area contributed by atoms with E-state index in [0.717, 1.165) is 10.3 Å². The second-order valence-corrected chi connectivity index (χ2v) is 2.94. The van der Waals surface area contributed by atoms with Gasteiger partial charge in [-0.3, -0.25) is 0 Å². The van der Waals surface area contributed by atoms with E-state index in [4.69, 9.17) is 10.5 Å². The maximum Gasteiger partial charge on any atom is 0.189 e. The van der Waals surface area contributed by atoms with Crippen molar-refractivity contribution in [1.82, 2.24) is 0 Å². The van der Waals surface area contributed by atoms with Crippen molar-refractivity contribution in [2.45, 2.75) is 13.3 Å². The minimum atomic E-state index is -0.257. The molecule has 0 unspecified atom stereocenters. The predicted molar refractivity (Wildman–Crippen MR) is 48.7 cm³/mol. The summed E-state index contributed by atoms with van der Waals surface area (Å²) in [4.78, 5) is 0. The van der Waals surface area contributed by atoms with Gasteiger partial charge in [0.05, 0.1) is 6.61 Å². The first-order chi connectivity index (χ1) is 6.13. The molecule has 0 spiro atoms. The van der Waals surface area contributed by atoms with Gasteiger partial charge in [0.2, 0.25) is 0 Å². The third-order valence-corrected chi connectivity index (χ3v) is 1.78. The van der Waals surface area contributed by atoms with Gasteiger partial charge in [-0.1, -0.05) is 0 Å². The van der Waals surface area contributed by atoms with E-state index in [2.05, 4.69) is 0 Å². The van der Waals surface area contributed by atoms with Gasteiger partial charge in [-0.15, -0.1) is 0 Å². The summed E-state index contributed by atoms with van der Waals surface area (Å²) in [6.07, 6.45) is 1.76. The molecule has 0 aliphatic carbocycles. The van der Waals surface area contributed by atoms with E-state index in [-0.39, 0.29) is 12.3 Å². The quantitative estimate of drug-likeness (QED) is 0.396. The van der Waals surface area contributed by atoms with Crippen LogP contribution in [0.2, 0.25) is 0 Å².